The van der Waals surface area contributed by atoms with Crippen LogP contribution in [0.1, 0.15) is 51.4 Å². The lowest BCUT2D eigenvalue weighted by molar-refractivity contribution is -0.184. The van der Waals surface area contributed by atoms with E-state index in [-0.39, 0.29) is 30.7 Å². The monoisotopic (exact) mass is 306 g/mol. The number of carbonyl (C=O) groups is 1. The molecule has 2 unspecified atom stereocenters. The highest BCUT2D eigenvalue weighted by Gasteiger charge is 2.42. The molecule has 3 N–H and O–H groups in total. The van der Waals surface area contributed by atoms with Crippen LogP contribution in [0.5, 0.6) is 0 Å². The summed E-state index contributed by atoms with van der Waals surface area (Å²) < 4.78 is 38.3. The highest BCUT2D eigenvalue weighted by Crippen LogP contribution is 2.37. The van der Waals surface area contributed by atoms with Gasteiger partial charge >= 0.3 is 6.18 Å². The van der Waals surface area contributed by atoms with Crippen molar-refractivity contribution in [2.45, 2.75) is 63.6 Å². The van der Waals surface area contributed by atoms with Gasteiger partial charge in [-0.3, -0.25) is 4.79 Å². The average molecular weight is 306 g/mol. The van der Waals surface area contributed by atoms with Crippen molar-refractivity contribution in [1.82, 2.24) is 5.32 Å². The first kappa shape index (κ1) is 16.6. The minimum atomic E-state index is -4.14. The van der Waals surface area contributed by atoms with Crippen molar-refractivity contribution < 1.29 is 18.0 Å². The Morgan fingerprint density at radius 1 is 1.10 bits per heavy atom. The fourth-order valence-electron chi connectivity index (χ4n) is 3.60. The van der Waals surface area contributed by atoms with Crippen molar-refractivity contribution in [2.75, 3.05) is 6.54 Å². The summed E-state index contributed by atoms with van der Waals surface area (Å²) in [6, 6.07) is -0.315. The lowest BCUT2D eigenvalue weighted by atomic mass is 9.81. The molecule has 0 aromatic heterocycles. The third-order valence-electron chi connectivity index (χ3n) is 5.03. The van der Waals surface area contributed by atoms with Crippen molar-refractivity contribution in [3.63, 3.8) is 0 Å². The Kier molecular flexibility index (Phi) is 5.52. The fraction of sp³-hybridized carbons (Fsp3) is 0.933. The molecular formula is C15H25F3N2O. The molecule has 122 valence electrons. The van der Waals surface area contributed by atoms with Crippen LogP contribution >= 0.6 is 0 Å². The molecule has 2 aliphatic carbocycles. The number of nitrogens with two attached hydrogens (primary N) is 1. The van der Waals surface area contributed by atoms with Gasteiger partial charge in [0.25, 0.3) is 0 Å². The minimum absolute atomic E-state index is 0.0351. The maximum atomic E-state index is 12.8. The Labute approximate surface area is 123 Å². The molecule has 21 heavy (non-hydrogen) atoms. The SMILES string of the molecule is NCC1CCC(C(=O)NC2CCCC(C(F)(F)F)C2)CC1. The molecule has 2 fully saturated rings. The molecule has 2 atom stereocenters. The van der Waals surface area contributed by atoms with Crippen LogP contribution in [0, 0.1) is 17.8 Å². The summed E-state index contributed by atoms with van der Waals surface area (Å²) in [6.45, 7) is 0.657. The van der Waals surface area contributed by atoms with Gasteiger partial charge < -0.3 is 11.1 Å². The van der Waals surface area contributed by atoms with Crippen LogP contribution < -0.4 is 11.1 Å². The fourth-order valence-corrected chi connectivity index (χ4v) is 3.60. The van der Waals surface area contributed by atoms with Crippen molar-refractivity contribution >= 4 is 5.91 Å². The number of hydrogen-bond donors (Lipinski definition) is 2. The molecule has 0 spiro atoms. The minimum Gasteiger partial charge on any atom is -0.353 e. The molecule has 2 aliphatic rings. The Morgan fingerprint density at radius 2 is 1.76 bits per heavy atom. The van der Waals surface area contributed by atoms with Crippen LogP contribution in [0.3, 0.4) is 0 Å². The van der Waals surface area contributed by atoms with E-state index < -0.39 is 12.1 Å². The van der Waals surface area contributed by atoms with Gasteiger partial charge in [0.2, 0.25) is 5.91 Å². The second-order valence-electron chi connectivity index (χ2n) is 6.56. The molecule has 0 aromatic rings. The van der Waals surface area contributed by atoms with E-state index in [2.05, 4.69) is 5.32 Å². The average Bonchev–Trinajstić information content (AvgIpc) is 2.47. The molecule has 1 amide bonds. The molecule has 0 aromatic carbocycles. The summed E-state index contributed by atoms with van der Waals surface area (Å²) in [4.78, 5) is 12.2. The van der Waals surface area contributed by atoms with Gasteiger partial charge in [-0.05, 0) is 57.4 Å². The second-order valence-corrected chi connectivity index (χ2v) is 6.56. The number of amides is 1. The summed E-state index contributed by atoms with van der Waals surface area (Å²) >= 11 is 0. The number of halogens is 3. The molecule has 0 heterocycles. The van der Waals surface area contributed by atoms with Crippen molar-refractivity contribution in [1.29, 1.82) is 0 Å². The summed E-state index contributed by atoms with van der Waals surface area (Å²) in [5.74, 6) is -0.861. The highest BCUT2D eigenvalue weighted by molar-refractivity contribution is 5.79. The first-order chi connectivity index (χ1) is 9.90. The van der Waals surface area contributed by atoms with E-state index >= 15 is 0 Å². The molecule has 2 rings (SSSR count). The maximum absolute atomic E-state index is 12.8. The predicted octanol–water partition coefficient (Wildman–Crippen LogP) is 2.99. The second kappa shape index (κ2) is 6.99. The van der Waals surface area contributed by atoms with Crippen molar-refractivity contribution in [3.8, 4) is 0 Å². The van der Waals surface area contributed by atoms with Crippen LogP contribution in [0.25, 0.3) is 0 Å². The number of rotatable bonds is 3. The molecule has 2 saturated carbocycles. The number of nitrogens with one attached hydrogen (secondary N) is 1. The zero-order valence-electron chi connectivity index (χ0n) is 12.3. The van der Waals surface area contributed by atoms with E-state index in [9.17, 15) is 18.0 Å². The van der Waals surface area contributed by atoms with Gasteiger partial charge in [-0.25, -0.2) is 0 Å². The largest absolute Gasteiger partial charge is 0.391 e. The van der Waals surface area contributed by atoms with Gasteiger partial charge in [0, 0.05) is 12.0 Å². The summed E-state index contributed by atoms with van der Waals surface area (Å²) in [5, 5.41) is 2.85. The maximum Gasteiger partial charge on any atom is 0.391 e. The first-order valence-corrected chi connectivity index (χ1v) is 7.97. The lowest BCUT2D eigenvalue weighted by Crippen LogP contribution is -2.44. The Bertz CT molecular complexity index is 351. The van der Waals surface area contributed by atoms with E-state index in [1.54, 1.807) is 0 Å². The quantitative estimate of drug-likeness (QED) is 0.842. The van der Waals surface area contributed by atoms with Crippen LogP contribution in [-0.4, -0.2) is 24.7 Å². The zero-order chi connectivity index (χ0) is 15.5. The van der Waals surface area contributed by atoms with Gasteiger partial charge in [0.15, 0.2) is 0 Å². The standard InChI is InChI=1S/C15H25F3N2O/c16-15(17,18)12-2-1-3-13(8-12)20-14(21)11-6-4-10(9-19)5-7-11/h10-13H,1-9,19H2,(H,20,21). The normalized spacial score (nSPS) is 34.5. The smallest absolute Gasteiger partial charge is 0.353 e. The Hall–Kier alpha value is -0.780. The van der Waals surface area contributed by atoms with Gasteiger partial charge in [0.1, 0.15) is 0 Å². The van der Waals surface area contributed by atoms with Crippen LogP contribution in [0.2, 0.25) is 0 Å². The first-order valence-electron chi connectivity index (χ1n) is 7.97. The Balaban J connectivity index is 1.80. The lowest BCUT2D eigenvalue weighted by Gasteiger charge is -2.33. The molecule has 0 saturated heterocycles. The third-order valence-corrected chi connectivity index (χ3v) is 5.03. The number of carbonyl (C=O) groups excluding carboxylic acids is 1. The highest BCUT2D eigenvalue weighted by atomic mass is 19.4. The van der Waals surface area contributed by atoms with Crippen LogP contribution in [0.15, 0.2) is 0 Å². The molecule has 0 bridgehead atoms. The summed E-state index contributed by atoms with van der Waals surface area (Å²) in [6.07, 6.45) is 0.806. The number of hydrogen-bond acceptors (Lipinski definition) is 2. The molecule has 3 nitrogen and oxygen atoms in total. The van der Waals surface area contributed by atoms with E-state index in [4.69, 9.17) is 5.73 Å². The third kappa shape index (κ3) is 4.59. The van der Waals surface area contributed by atoms with E-state index in [1.165, 1.54) is 0 Å². The summed E-state index contributed by atoms with van der Waals surface area (Å²) in [5.41, 5.74) is 5.62. The molecule has 6 heteroatoms. The van der Waals surface area contributed by atoms with E-state index in [1.807, 2.05) is 0 Å². The molecule has 0 aliphatic heterocycles. The topological polar surface area (TPSA) is 55.1 Å². The Morgan fingerprint density at radius 3 is 2.33 bits per heavy atom. The van der Waals surface area contributed by atoms with Gasteiger partial charge in [-0.1, -0.05) is 6.42 Å². The summed E-state index contributed by atoms with van der Waals surface area (Å²) in [7, 11) is 0. The number of alkyl halides is 3. The van der Waals surface area contributed by atoms with Gasteiger partial charge in [-0.15, -0.1) is 0 Å². The van der Waals surface area contributed by atoms with Gasteiger partial charge in [0.05, 0.1) is 5.92 Å². The van der Waals surface area contributed by atoms with Crippen molar-refractivity contribution in [2.24, 2.45) is 23.5 Å². The van der Waals surface area contributed by atoms with Gasteiger partial charge in [-0.2, -0.15) is 13.2 Å². The van der Waals surface area contributed by atoms with E-state index in [0.29, 0.717) is 25.3 Å². The van der Waals surface area contributed by atoms with Crippen LogP contribution in [-0.2, 0) is 4.79 Å². The van der Waals surface area contributed by atoms with Crippen molar-refractivity contribution in [3.05, 3.63) is 0 Å². The predicted molar refractivity (Wildman–Crippen MR) is 74.4 cm³/mol. The van der Waals surface area contributed by atoms with E-state index in [0.717, 1.165) is 25.7 Å². The zero-order valence-corrected chi connectivity index (χ0v) is 12.3. The molecular weight excluding hydrogens is 281 g/mol. The van der Waals surface area contributed by atoms with Crippen LogP contribution in [0.4, 0.5) is 13.2 Å². The molecule has 0 radical (unpaired) electrons.